The van der Waals surface area contributed by atoms with E-state index in [0.29, 0.717) is 16.1 Å². The summed E-state index contributed by atoms with van der Waals surface area (Å²) in [7, 11) is 0. The summed E-state index contributed by atoms with van der Waals surface area (Å²) < 4.78 is 0. The molecule has 0 saturated carbocycles. The number of halogens is 1. The molecule has 2 N–H and O–H groups in total. The Balaban J connectivity index is 3.15. The van der Waals surface area contributed by atoms with Gasteiger partial charge in [-0.2, -0.15) is 0 Å². The second-order valence-corrected chi connectivity index (χ2v) is 3.48. The van der Waals surface area contributed by atoms with Crippen molar-refractivity contribution in [3.8, 4) is 0 Å². The molecule has 1 aromatic rings. The number of benzene rings is 1. The van der Waals surface area contributed by atoms with E-state index in [1.807, 2.05) is 0 Å². The normalized spacial score (nSPS) is 9.86. The Hall–Kier alpha value is -1.35. The molecule has 0 aromatic heterocycles. The Morgan fingerprint density at radius 2 is 2.07 bits per heavy atom. The third-order valence-electron chi connectivity index (χ3n) is 1.77. The molecule has 1 rings (SSSR count). The molecule has 4 heteroatoms. The van der Waals surface area contributed by atoms with Gasteiger partial charge in [-0.3, -0.25) is 9.59 Å². The third kappa shape index (κ3) is 2.57. The SMILES string of the molecule is CC(=O)Cc1cc(Cl)ccc1C(N)=O. The van der Waals surface area contributed by atoms with Crippen LogP contribution in [0.4, 0.5) is 0 Å². The molecule has 0 aliphatic carbocycles. The standard InChI is InChI=1S/C10H10ClNO2/c1-6(13)4-7-5-8(11)2-3-9(7)10(12)14/h2-3,5H,4H2,1H3,(H2,12,14). The van der Waals surface area contributed by atoms with E-state index in [1.165, 1.54) is 13.0 Å². The van der Waals surface area contributed by atoms with E-state index in [1.54, 1.807) is 12.1 Å². The molecule has 0 unspecified atom stereocenters. The first-order valence-electron chi connectivity index (χ1n) is 4.08. The lowest BCUT2D eigenvalue weighted by Crippen LogP contribution is -2.14. The van der Waals surface area contributed by atoms with Gasteiger partial charge in [-0.25, -0.2) is 0 Å². The van der Waals surface area contributed by atoms with Crippen LogP contribution in [0, 0.1) is 0 Å². The average molecular weight is 212 g/mol. The van der Waals surface area contributed by atoms with Crippen LogP contribution in [0.3, 0.4) is 0 Å². The van der Waals surface area contributed by atoms with Crippen molar-refractivity contribution in [2.45, 2.75) is 13.3 Å². The summed E-state index contributed by atoms with van der Waals surface area (Å²) in [5.41, 5.74) is 6.08. The quantitative estimate of drug-likeness (QED) is 0.825. The van der Waals surface area contributed by atoms with E-state index in [-0.39, 0.29) is 12.2 Å². The zero-order valence-corrected chi connectivity index (χ0v) is 8.47. The van der Waals surface area contributed by atoms with E-state index < -0.39 is 5.91 Å². The molecule has 0 fully saturated rings. The number of rotatable bonds is 3. The summed E-state index contributed by atoms with van der Waals surface area (Å²) in [6.07, 6.45) is 0.179. The highest BCUT2D eigenvalue weighted by Crippen LogP contribution is 2.16. The summed E-state index contributed by atoms with van der Waals surface area (Å²) >= 11 is 5.74. The number of hydrogen-bond donors (Lipinski definition) is 1. The van der Waals surface area contributed by atoms with Crippen molar-refractivity contribution in [1.29, 1.82) is 0 Å². The topological polar surface area (TPSA) is 60.2 Å². The zero-order chi connectivity index (χ0) is 10.7. The Bertz CT molecular complexity index is 388. The van der Waals surface area contributed by atoms with Crippen LogP contribution in [0.2, 0.25) is 5.02 Å². The predicted molar refractivity (Wildman–Crippen MR) is 54.4 cm³/mol. The fourth-order valence-corrected chi connectivity index (χ4v) is 1.41. The van der Waals surface area contributed by atoms with Gasteiger partial charge in [-0.15, -0.1) is 0 Å². The van der Waals surface area contributed by atoms with E-state index >= 15 is 0 Å². The first-order chi connectivity index (χ1) is 6.50. The molecule has 0 radical (unpaired) electrons. The number of carbonyl (C=O) groups is 2. The first kappa shape index (κ1) is 10.7. The van der Waals surface area contributed by atoms with Gasteiger partial charge in [0.15, 0.2) is 0 Å². The zero-order valence-electron chi connectivity index (χ0n) is 7.71. The lowest BCUT2D eigenvalue weighted by Gasteiger charge is -2.04. The Labute approximate surface area is 86.9 Å². The molecule has 14 heavy (non-hydrogen) atoms. The summed E-state index contributed by atoms with van der Waals surface area (Å²) in [6, 6.07) is 4.69. The average Bonchev–Trinajstić information content (AvgIpc) is 2.01. The smallest absolute Gasteiger partial charge is 0.248 e. The van der Waals surface area contributed by atoms with Crippen molar-refractivity contribution < 1.29 is 9.59 Å². The number of nitrogens with two attached hydrogens (primary N) is 1. The van der Waals surface area contributed by atoms with Gasteiger partial charge >= 0.3 is 0 Å². The molecule has 3 nitrogen and oxygen atoms in total. The number of primary amides is 1. The predicted octanol–water partition coefficient (Wildman–Crippen LogP) is 1.57. The van der Waals surface area contributed by atoms with Gasteiger partial charge in [-0.1, -0.05) is 11.6 Å². The van der Waals surface area contributed by atoms with Gasteiger partial charge in [0.05, 0.1) is 0 Å². The van der Waals surface area contributed by atoms with Crippen LogP contribution in [0.5, 0.6) is 0 Å². The Kier molecular flexibility index (Phi) is 3.25. The van der Waals surface area contributed by atoms with Gasteiger partial charge < -0.3 is 5.73 Å². The summed E-state index contributed by atoms with van der Waals surface area (Å²) in [6.45, 7) is 1.45. The second kappa shape index (κ2) is 4.24. The van der Waals surface area contributed by atoms with Crippen molar-refractivity contribution in [3.05, 3.63) is 34.3 Å². The van der Waals surface area contributed by atoms with E-state index in [0.717, 1.165) is 0 Å². The molecule has 0 aliphatic heterocycles. The number of hydrogen-bond acceptors (Lipinski definition) is 2. The maximum Gasteiger partial charge on any atom is 0.248 e. The molecule has 0 saturated heterocycles. The lowest BCUT2D eigenvalue weighted by molar-refractivity contribution is -0.116. The minimum Gasteiger partial charge on any atom is -0.366 e. The highest BCUT2D eigenvalue weighted by molar-refractivity contribution is 6.30. The highest BCUT2D eigenvalue weighted by atomic mass is 35.5. The van der Waals surface area contributed by atoms with Gasteiger partial charge in [0.2, 0.25) is 5.91 Å². The molecular formula is C10H10ClNO2. The molecule has 0 bridgehead atoms. The lowest BCUT2D eigenvalue weighted by atomic mass is 10.0. The summed E-state index contributed by atoms with van der Waals surface area (Å²) in [5.74, 6) is -0.576. The van der Waals surface area contributed by atoms with E-state index in [4.69, 9.17) is 17.3 Å². The van der Waals surface area contributed by atoms with Gasteiger partial charge in [0.1, 0.15) is 5.78 Å². The van der Waals surface area contributed by atoms with Crippen LogP contribution in [0.25, 0.3) is 0 Å². The maximum absolute atomic E-state index is 11.0. The van der Waals surface area contributed by atoms with Crippen LogP contribution >= 0.6 is 11.6 Å². The van der Waals surface area contributed by atoms with E-state index in [2.05, 4.69) is 0 Å². The van der Waals surface area contributed by atoms with Crippen LogP contribution < -0.4 is 5.73 Å². The largest absolute Gasteiger partial charge is 0.366 e. The third-order valence-corrected chi connectivity index (χ3v) is 2.01. The molecule has 1 aromatic carbocycles. The molecule has 1 amide bonds. The molecule has 0 aliphatic rings. The van der Waals surface area contributed by atoms with Gasteiger partial charge in [-0.05, 0) is 30.7 Å². The molecule has 74 valence electrons. The number of amides is 1. The molecule has 0 atom stereocenters. The highest BCUT2D eigenvalue weighted by Gasteiger charge is 2.09. The van der Waals surface area contributed by atoms with Crippen LogP contribution in [0.15, 0.2) is 18.2 Å². The number of Topliss-reactive ketones (excluding diaryl/α,β-unsaturated/α-hetero) is 1. The number of ketones is 1. The summed E-state index contributed by atoms with van der Waals surface area (Å²) in [5, 5.41) is 0.492. The van der Waals surface area contributed by atoms with Crippen molar-refractivity contribution >= 4 is 23.3 Å². The maximum atomic E-state index is 11.0. The molecule has 0 heterocycles. The monoisotopic (exact) mass is 211 g/mol. The minimum absolute atomic E-state index is 0.0326. The minimum atomic E-state index is -0.544. The van der Waals surface area contributed by atoms with Crippen LogP contribution in [-0.4, -0.2) is 11.7 Å². The van der Waals surface area contributed by atoms with Gasteiger partial charge in [0.25, 0.3) is 0 Å². The molecular weight excluding hydrogens is 202 g/mol. The Morgan fingerprint density at radius 1 is 1.43 bits per heavy atom. The van der Waals surface area contributed by atoms with Crippen molar-refractivity contribution in [1.82, 2.24) is 0 Å². The fraction of sp³-hybridized carbons (Fsp3) is 0.200. The van der Waals surface area contributed by atoms with Crippen molar-refractivity contribution in [2.75, 3.05) is 0 Å². The number of carbonyl (C=O) groups excluding carboxylic acids is 2. The second-order valence-electron chi connectivity index (χ2n) is 3.04. The first-order valence-corrected chi connectivity index (χ1v) is 4.46. The van der Waals surface area contributed by atoms with Crippen LogP contribution in [0.1, 0.15) is 22.8 Å². The van der Waals surface area contributed by atoms with Gasteiger partial charge in [0, 0.05) is 17.0 Å². The summed E-state index contributed by atoms with van der Waals surface area (Å²) in [4.78, 5) is 21.9. The molecule has 0 spiro atoms. The fourth-order valence-electron chi connectivity index (χ4n) is 1.22. The van der Waals surface area contributed by atoms with E-state index in [9.17, 15) is 9.59 Å². The van der Waals surface area contributed by atoms with Crippen molar-refractivity contribution in [2.24, 2.45) is 5.73 Å². The van der Waals surface area contributed by atoms with Crippen LogP contribution in [-0.2, 0) is 11.2 Å². The Morgan fingerprint density at radius 3 is 2.57 bits per heavy atom. The van der Waals surface area contributed by atoms with Crippen molar-refractivity contribution in [3.63, 3.8) is 0 Å².